The molecule has 16 heavy (non-hydrogen) atoms. The fourth-order valence-electron chi connectivity index (χ4n) is 2.26. The van der Waals surface area contributed by atoms with Crippen LogP contribution in [0.25, 0.3) is 11.2 Å². The van der Waals surface area contributed by atoms with Gasteiger partial charge in [0.25, 0.3) is 0 Å². The highest BCUT2D eigenvalue weighted by Gasteiger charge is 2.22. The second-order valence-electron chi connectivity index (χ2n) is 4.52. The van der Waals surface area contributed by atoms with Gasteiger partial charge in [-0.2, -0.15) is 0 Å². The van der Waals surface area contributed by atoms with Crippen LogP contribution < -0.4 is 5.32 Å². The molecule has 1 fully saturated rings. The highest BCUT2D eigenvalue weighted by atomic mass is 15.1. The molecule has 0 aliphatic carbocycles. The minimum absolute atomic E-state index is 0.331. The predicted octanol–water partition coefficient (Wildman–Crippen LogP) is 1.41. The molecule has 0 radical (unpaired) electrons. The molecule has 1 saturated heterocycles. The number of aromatic nitrogens is 4. The quantitative estimate of drug-likeness (QED) is 0.758. The highest BCUT2D eigenvalue weighted by Crippen LogP contribution is 2.25. The van der Waals surface area contributed by atoms with Crippen molar-refractivity contribution in [2.24, 2.45) is 5.92 Å². The molecular weight excluding hydrogens is 202 g/mol. The number of piperidine rings is 1. The molecule has 5 nitrogen and oxygen atoms in total. The summed E-state index contributed by atoms with van der Waals surface area (Å²) in [6.07, 6.45) is 5.68. The molecule has 3 heterocycles. The van der Waals surface area contributed by atoms with Gasteiger partial charge in [0.1, 0.15) is 17.7 Å². The number of nitrogens with one attached hydrogen (secondary N) is 2. The van der Waals surface area contributed by atoms with Gasteiger partial charge in [-0.1, -0.05) is 6.92 Å². The van der Waals surface area contributed by atoms with Crippen LogP contribution in [0.15, 0.2) is 12.5 Å². The Bertz CT molecular complexity index is 459. The van der Waals surface area contributed by atoms with Gasteiger partial charge in [0, 0.05) is 0 Å². The van der Waals surface area contributed by atoms with Gasteiger partial charge in [-0.15, -0.1) is 0 Å². The molecule has 2 aromatic heterocycles. The third kappa shape index (κ3) is 1.67. The monoisotopic (exact) mass is 217 g/mol. The van der Waals surface area contributed by atoms with Crippen molar-refractivity contribution in [3.8, 4) is 0 Å². The standard InChI is InChI=1S/C11H15N5/c1-7-2-3-13-8(4-7)11-15-9-5-12-6-14-10(9)16-11/h5-8,13H,2-4H2,1H3,(H,12,14,15,16). The fraction of sp³-hybridized carbons (Fsp3) is 0.545. The largest absolute Gasteiger partial charge is 0.338 e. The molecule has 5 heteroatoms. The topological polar surface area (TPSA) is 66.5 Å². The van der Waals surface area contributed by atoms with E-state index >= 15 is 0 Å². The number of fused-ring (bicyclic) bond motifs is 1. The minimum atomic E-state index is 0.331. The van der Waals surface area contributed by atoms with Crippen LogP contribution in [-0.2, 0) is 0 Å². The van der Waals surface area contributed by atoms with Crippen molar-refractivity contribution < 1.29 is 0 Å². The Morgan fingerprint density at radius 1 is 1.44 bits per heavy atom. The second-order valence-corrected chi connectivity index (χ2v) is 4.52. The molecule has 0 saturated carbocycles. The minimum Gasteiger partial charge on any atom is -0.338 e. The third-order valence-electron chi connectivity index (χ3n) is 3.18. The van der Waals surface area contributed by atoms with Crippen molar-refractivity contribution in [1.29, 1.82) is 0 Å². The molecule has 2 unspecified atom stereocenters. The maximum absolute atomic E-state index is 4.50. The molecule has 1 aliphatic rings. The summed E-state index contributed by atoms with van der Waals surface area (Å²) in [6, 6.07) is 0.331. The first-order chi connectivity index (χ1) is 7.83. The lowest BCUT2D eigenvalue weighted by molar-refractivity contribution is 0.317. The molecule has 3 rings (SSSR count). The number of hydrogen-bond acceptors (Lipinski definition) is 4. The van der Waals surface area contributed by atoms with Crippen LogP contribution in [0.4, 0.5) is 0 Å². The molecule has 2 N–H and O–H groups in total. The number of rotatable bonds is 1. The molecule has 0 amide bonds. The average molecular weight is 217 g/mol. The van der Waals surface area contributed by atoms with Crippen molar-refractivity contribution in [2.75, 3.05) is 6.54 Å². The van der Waals surface area contributed by atoms with Crippen LogP contribution in [0.5, 0.6) is 0 Å². The molecule has 2 atom stereocenters. The van der Waals surface area contributed by atoms with Gasteiger partial charge in [-0.05, 0) is 25.3 Å². The zero-order valence-corrected chi connectivity index (χ0v) is 9.27. The molecule has 0 spiro atoms. The Hall–Kier alpha value is -1.49. The van der Waals surface area contributed by atoms with Crippen molar-refractivity contribution in [1.82, 2.24) is 25.3 Å². The Kier molecular flexibility index (Phi) is 2.32. The first-order valence-electron chi connectivity index (χ1n) is 5.72. The lowest BCUT2D eigenvalue weighted by Gasteiger charge is -2.26. The van der Waals surface area contributed by atoms with Crippen LogP contribution in [0.3, 0.4) is 0 Å². The van der Waals surface area contributed by atoms with Crippen LogP contribution in [0, 0.1) is 5.92 Å². The van der Waals surface area contributed by atoms with Gasteiger partial charge in [0.15, 0.2) is 5.65 Å². The van der Waals surface area contributed by atoms with Crippen molar-refractivity contribution in [2.45, 2.75) is 25.8 Å². The SMILES string of the molecule is CC1CCNC(c2nc3ncncc3[nH]2)C1. The maximum atomic E-state index is 4.50. The summed E-state index contributed by atoms with van der Waals surface area (Å²) in [5.74, 6) is 1.74. The van der Waals surface area contributed by atoms with Gasteiger partial charge in [0.05, 0.1) is 12.2 Å². The maximum Gasteiger partial charge on any atom is 0.180 e. The Balaban J connectivity index is 1.93. The van der Waals surface area contributed by atoms with E-state index in [0.29, 0.717) is 6.04 Å². The van der Waals surface area contributed by atoms with Gasteiger partial charge >= 0.3 is 0 Å². The number of nitrogens with zero attached hydrogens (tertiary/aromatic N) is 3. The van der Waals surface area contributed by atoms with Crippen LogP contribution >= 0.6 is 0 Å². The predicted molar refractivity (Wildman–Crippen MR) is 60.8 cm³/mol. The lowest BCUT2D eigenvalue weighted by Crippen LogP contribution is -2.31. The molecule has 0 bridgehead atoms. The summed E-state index contributed by atoms with van der Waals surface area (Å²) < 4.78 is 0. The normalized spacial score (nSPS) is 26.1. The van der Waals surface area contributed by atoms with Crippen LogP contribution in [0.1, 0.15) is 31.6 Å². The molecule has 1 aliphatic heterocycles. The number of H-pyrrole nitrogens is 1. The number of imidazole rings is 1. The van der Waals surface area contributed by atoms with Gasteiger partial charge in [-0.25, -0.2) is 15.0 Å². The first-order valence-corrected chi connectivity index (χ1v) is 5.72. The zero-order chi connectivity index (χ0) is 11.0. The first kappa shape index (κ1) is 9.72. The van der Waals surface area contributed by atoms with Gasteiger partial charge < -0.3 is 10.3 Å². The van der Waals surface area contributed by atoms with E-state index in [1.807, 2.05) is 0 Å². The zero-order valence-electron chi connectivity index (χ0n) is 9.27. The lowest BCUT2D eigenvalue weighted by atomic mass is 9.94. The third-order valence-corrected chi connectivity index (χ3v) is 3.18. The summed E-state index contributed by atoms with van der Waals surface area (Å²) in [7, 11) is 0. The van der Waals surface area contributed by atoms with Crippen LogP contribution in [-0.4, -0.2) is 26.5 Å². The van der Waals surface area contributed by atoms with Gasteiger partial charge in [-0.3, -0.25) is 0 Å². The Morgan fingerprint density at radius 2 is 2.38 bits per heavy atom. The number of hydrogen-bond donors (Lipinski definition) is 2. The van der Waals surface area contributed by atoms with Crippen molar-refractivity contribution in [3.63, 3.8) is 0 Å². The van der Waals surface area contributed by atoms with E-state index in [2.05, 4.69) is 32.2 Å². The van der Waals surface area contributed by atoms with E-state index in [0.717, 1.165) is 35.9 Å². The highest BCUT2D eigenvalue weighted by molar-refractivity contribution is 5.68. The average Bonchev–Trinajstić information content (AvgIpc) is 2.72. The molecule has 0 aromatic carbocycles. The summed E-state index contributed by atoms with van der Waals surface area (Å²) in [5.41, 5.74) is 1.67. The van der Waals surface area contributed by atoms with E-state index < -0.39 is 0 Å². The van der Waals surface area contributed by atoms with E-state index in [1.165, 1.54) is 12.7 Å². The van der Waals surface area contributed by atoms with E-state index in [9.17, 15) is 0 Å². The fourth-order valence-corrected chi connectivity index (χ4v) is 2.26. The van der Waals surface area contributed by atoms with E-state index in [-0.39, 0.29) is 0 Å². The second kappa shape index (κ2) is 3.83. The molecule has 84 valence electrons. The summed E-state index contributed by atoms with van der Waals surface area (Å²) in [4.78, 5) is 15.9. The Labute approximate surface area is 93.7 Å². The number of aromatic amines is 1. The summed E-state index contributed by atoms with van der Waals surface area (Å²) in [5, 5.41) is 3.48. The molecule has 2 aromatic rings. The molecular formula is C11H15N5. The van der Waals surface area contributed by atoms with Crippen molar-refractivity contribution in [3.05, 3.63) is 18.3 Å². The van der Waals surface area contributed by atoms with Gasteiger partial charge in [0.2, 0.25) is 0 Å². The van der Waals surface area contributed by atoms with Crippen molar-refractivity contribution >= 4 is 11.2 Å². The van der Waals surface area contributed by atoms with E-state index in [1.54, 1.807) is 6.20 Å². The Morgan fingerprint density at radius 3 is 3.19 bits per heavy atom. The summed E-state index contributed by atoms with van der Waals surface area (Å²) >= 11 is 0. The smallest absolute Gasteiger partial charge is 0.180 e. The summed E-state index contributed by atoms with van der Waals surface area (Å²) in [6.45, 7) is 3.35. The van der Waals surface area contributed by atoms with E-state index in [4.69, 9.17) is 0 Å². The van der Waals surface area contributed by atoms with Crippen LogP contribution in [0.2, 0.25) is 0 Å².